The van der Waals surface area contributed by atoms with Crippen LogP contribution in [0.5, 0.6) is 5.75 Å². The molecular formula is C10H14ClNO2. The maximum absolute atomic E-state index is 8.87. The van der Waals surface area contributed by atoms with Crippen LogP contribution in [0.15, 0.2) is 24.3 Å². The molecule has 0 aromatic heterocycles. The number of aliphatic hydroxyl groups excluding tert-OH is 1. The van der Waals surface area contributed by atoms with E-state index in [9.17, 15) is 0 Å². The maximum Gasteiger partial charge on any atom is 0.119 e. The molecule has 0 saturated heterocycles. The van der Waals surface area contributed by atoms with Gasteiger partial charge in [0.25, 0.3) is 0 Å². The molecule has 0 radical (unpaired) electrons. The Bertz CT molecular complexity index is 259. The van der Waals surface area contributed by atoms with E-state index in [1.807, 2.05) is 0 Å². The van der Waals surface area contributed by atoms with Gasteiger partial charge in [0.2, 0.25) is 0 Å². The fourth-order valence-corrected chi connectivity index (χ4v) is 1.07. The van der Waals surface area contributed by atoms with Crippen LogP contribution in [0, 0.1) is 5.92 Å². The first-order chi connectivity index (χ1) is 6.76. The summed E-state index contributed by atoms with van der Waals surface area (Å²) in [6, 6.07) is 7.08. The number of benzene rings is 1. The van der Waals surface area contributed by atoms with Crippen molar-refractivity contribution in [2.75, 3.05) is 19.8 Å². The van der Waals surface area contributed by atoms with Crippen LogP contribution < -0.4 is 10.5 Å². The predicted molar refractivity (Wildman–Crippen MR) is 56.6 cm³/mol. The van der Waals surface area contributed by atoms with E-state index in [1.165, 1.54) is 0 Å². The van der Waals surface area contributed by atoms with Crippen molar-refractivity contribution in [2.24, 2.45) is 11.7 Å². The molecule has 14 heavy (non-hydrogen) atoms. The molecule has 1 aromatic rings. The summed E-state index contributed by atoms with van der Waals surface area (Å²) in [5.41, 5.74) is 5.41. The Hall–Kier alpha value is -0.770. The van der Waals surface area contributed by atoms with Crippen LogP contribution in [0.1, 0.15) is 0 Å². The van der Waals surface area contributed by atoms with Gasteiger partial charge < -0.3 is 15.6 Å². The van der Waals surface area contributed by atoms with E-state index in [0.717, 1.165) is 5.75 Å². The number of hydrogen-bond donors (Lipinski definition) is 2. The Morgan fingerprint density at radius 2 is 2.00 bits per heavy atom. The van der Waals surface area contributed by atoms with Crippen molar-refractivity contribution < 1.29 is 9.84 Å². The average Bonchev–Trinajstić information content (AvgIpc) is 2.22. The minimum Gasteiger partial charge on any atom is -0.493 e. The van der Waals surface area contributed by atoms with Gasteiger partial charge in [0.15, 0.2) is 0 Å². The second-order valence-electron chi connectivity index (χ2n) is 3.05. The third kappa shape index (κ3) is 3.54. The van der Waals surface area contributed by atoms with E-state index in [0.29, 0.717) is 18.2 Å². The lowest BCUT2D eigenvalue weighted by atomic mass is 10.2. The third-order valence-electron chi connectivity index (χ3n) is 1.89. The van der Waals surface area contributed by atoms with Crippen molar-refractivity contribution in [3.05, 3.63) is 29.3 Å². The van der Waals surface area contributed by atoms with Crippen LogP contribution in [-0.2, 0) is 0 Å². The highest BCUT2D eigenvalue weighted by molar-refractivity contribution is 6.30. The largest absolute Gasteiger partial charge is 0.493 e. The second kappa shape index (κ2) is 5.86. The van der Waals surface area contributed by atoms with Gasteiger partial charge in [-0.25, -0.2) is 0 Å². The molecule has 1 rings (SSSR count). The van der Waals surface area contributed by atoms with E-state index in [1.54, 1.807) is 24.3 Å². The first-order valence-corrected chi connectivity index (χ1v) is 4.83. The van der Waals surface area contributed by atoms with Crippen LogP contribution in [0.4, 0.5) is 0 Å². The lowest BCUT2D eigenvalue weighted by molar-refractivity contribution is 0.167. The monoisotopic (exact) mass is 215 g/mol. The molecule has 1 unspecified atom stereocenters. The zero-order valence-corrected chi connectivity index (χ0v) is 8.57. The van der Waals surface area contributed by atoms with Crippen LogP contribution in [0.25, 0.3) is 0 Å². The molecule has 0 bridgehead atoms. The Morgan fingerprint density at radius 1 is 1.36 bits per heavy atom. The molecule has 0 saturated carbocycles. The number of ether oxygens (including phenoxy) is 1. The van der Waals surface area contributed by atoms with Crippen molar-refractivity contribution in [1.29, 1.82) is 0 Å². The van der Waals surface area contributed by atoms with Crippen LogP contribution >= 0.6 is 11.6 Å². The van der Waals surface area contributed by atoms with Gasteiger partial charge in [-0.2, -0.15) is 0 Å². The van der Waals surface area contributed by atoms with E-state index in [2.05, 4.69) is 0 Å². The second-order valence-corrected chi connectivity index (χ2v) is 3.49. The zero-order chi connectivity index (χ0) is 10.4. The summed E-state index contributed by atoms with van der Waals surface area (Å²) in [5.74, 6) is 0.729. The summed E-state index contributed by atoms with van der Waals surface area (Å²) in [7, 11) is 0. The Kier molecular flexibility index (Phi) is 4.73. The number of hydrogen-bond acceptors (Lipinski definition) is 3. The number of halogens is 1. The average molecular weight is 216 g/mol. The summed E-state index contributed by atoms with van der Waals surface area (Å²) in [5, 5.41) is 9.54. The number of rotatable bonds is 5. The molecule has 78 valence electrons. The van der Waals surface area contributed by atoms with E-state index in [-0.39, 0.29) is 12.5 Å². The van der Waals surface area contributed by atoms with E-state index < -0.39 is 0 Å². The van der Waals surface area contributed by atoms with Crippen molar-refractivity contribution in [3.8, 4) is 5.75 Å². The molecule has 0 aliphatic rings. The maximum atomic E-state index is 8.87. The summed E-state index contributed by atoms with van der Waals surface area (Å²) in [4.78, 5) is 0. The molecule has 0 aliphatic heterocycles. The molecule has 1 atom stereocenters. The molecular weight excluding hydrogens is 202 g/mol. The minimum absolute atomic E-state index is 0.00863. The molecule has 1 aromatic carbocycles. The van der Waals surface area contributed by atoms with Gasteiger partial charge in [-0.3, -0.25) is 0 Å². The lowest BCUT2D eigenvalue weighted by Gasteiger charge is -2.12. The first-order valence-electron chi connectivity index (χ1n) is 4.45. The van der Waals surface area contributed by atoms with Crippen molar-refractivity contribution >= 4 is 11.6 Å². The van der Waals surface area contributed by atoms with Gasteiger partial charge in [-0.15, -0.1) is 0 Å². The van der Waals surface area contributed by atoms with Crippen LogP contribution in [-0.4, -0.2) is 24.9 Å². The molecule has 4 heteroatoms. The summed E-state index contributed by atoms with van der Waals surface area (Å²) >= 11 is 5.71. The summed E-state index contributed by atoms with van der Waals surface area (Å²) < 4.78 is 5.41. The highest BCUT2D eigenvalue weighted by Gasteiger charge is 2.05. The molecule has 0 fully saturated rings. The van der Waals surface area contributed by atoms with Crippen LogP contribution in [0.2, 0.25) is 5.02 Å². The third-order valence-corrected chi connectivity index (χ3v) is 2.14. The van der Waals surface area contributed by atoms with Gasteiger partial charge in [0, 0.05) is 17.5 Å². The molecule has 0 amide bonds. The topological polar surface area (TPSA) is 55.5 Å². The van der Waals surface area contributed by atoms with Gasteiger partial charge >= 0.3 is 0 Å². The fourth-order valence-electron chi connectivity index (χ4n) is 0.940. The van der Waals surface area contributed by atoms with E-state index in [4.69, 9.17) is 27.2 Å². The first kappa shape index (κ1) is 11.3. The lowest BCUT2D eigenvalue weighted by Crippen LogP contribution is -2.24. The molecule has 0 heterocycles. The van der Waals surface area contributed by atoms with Gasteiger partial charge in [-0.05, 0) is 24.3 Å². The van der Waals surface area contributed by atoms with Crippen molar-refractivity contribution in [1.82, 2.24) is 0 Å². The Balaban J connectivity index is 2.41. The Morgan fingerprint density at radius 3 is 2.50 bits per heavy atom. The van der Waals surface area contributed by atoms with Crippen molar-refractivity contribution in [2.45, 2.75) is 0 Å². The van der Waals surface area contributed by atoms with Crippen LogP contribution in [0.3, 0.4) is 0 Å². The zero-order valence-electron chi connectivity index (χ0n) is 7.82. The van der Waals surface area contributed by atoms with Gasteiger partial charge in [-0.1, -0.05) is 11.6 Å². The fraction of sp³-hybridized carbons (Fsp3) is 0.400. The molecule has 3 nitrogen and oxygen atoms in total. The Labute approximate surface area is 88.4 Å². The minimum atomic E-state index is -0.00863. The molecule has 0 spiro atoms. The summed E-state index contributed by atoms with van der Waals surface area (Å²) in [6.45, 7) is 0.892. The molecule has 3 N–H and O–H groups in total. The highest BCUT2D eigenvalue weighted by Crippen LogP contribution is 2.15. The van der Waals surface area contributed by atoms with Gasteiger partial charge in [0.1, 0.15) is 5.75 Å². The van der Waals surface area contributed by atoms with E-state index >= 15 is 0 Å². The summed E-state index contributed by atoms with van der Waals surface area (Å²) in [6.07, 6.45) is 0. The van der Waals surface area contributed by atoms with Crippen molar-refractivity contribution in [3.63, 3.8) is 0 Å². The quantitative estimate of drug-likeness (QED) is 0.778. The predicted octanol–water partition coefficient (Wildman–Crippen LogP) is 1.29. The number of nitrogens with two attached hydrogens (primary N) is 1. The standard InChI is InChI=1S/C10H14ClNO2/c11-9-1-3-10(4-2-9)14-7-8(5-12)6-13/h1-4,8,13H,5-7,12H2. The number of aliphatic hydroxyl groups is 1. The highest BCUT2D eigenvalue weighted by atomic mass is 35.5. The SMILES string of the molecule is NCC(CO)COc1ccc(Cl)cc1. The molecule has 0 aliphatic carbocycles. The van der Waals surface area contributed by atoms with Gasteiger partial charge in [0.05, 0.1) is 13.2 Å². The normalized spacial score (nSPS) is 12.5. The smallest absolute Gasteiger partial charge is 0.119 e.